The Hall–Kier alpha value is -0.650. The Kier molecular flexibility index (Phi) is 7.63. The van der Waals surface area contributed by atoms with Crippen molar-refractivity contribution >= 4 is 5.91 Å². The lowest BCUT2D eigenvalue weighted by molar-refractivity contribution is -0.130. The molecule has 0 aromatic carbocycles. The second-order valence-corrected chi connectivity index (χ2v) is 7.02. The van der Waals surface area contributed by atoms with Crippen LogP contribution in [0.25, 0.3) is 0 Å². The van der Waals surface area contributed by atoms with Gasteiger partial charge in [-0.2, -0.15) is 0 Å². The van der Waals surface area contributed by atoms with Crippen LogP contribution in [0.15, 0.2) is 0 Å². The van der Waals surface area contributed by atoms with Crippen LogP contribution in [0.5, 0.6) is 0 Å². The van der Waals surface area contributed by atoms with Crippen molar-refractivity contribution in [2.45, 2.75) is 38.8 Å². The molecule has 0 spiro atoms. The molecule has 1 amide bonds. The zero-order chi connectivity index (χ0) is 16.0. The molecule has 0 radical (unpaired) electrons. The van der Waals surface area contributed by atoms with Crippen LogP contribution in [0.3, 0.4) is 0 Å². The third kappa shape index (κ3) is 6.32. The molecule has 1 atom stereocenters. The Morgan fingerprint density at radius 2 is 1.76 bits per heavy atom. The average molecular weight is 298 g/mol. The Morgan fingerprint density at radius 1 is 1.19 bits per heavy atom. The highest BCUT2D eigenvalue weighted by Crippen LogP contribution is 2.12. The van der Waals surface area contributed by atoms with Gasteiger partial charge in [0.25, 0.3) is 0 Å². The molecule has 124 valence electrons. The van der Waals surface area contributed by atoms with Gasteiger partial charge in [0.15, 0.2) is 0 Å². The minimum atomic E-state index is 0.203. The summed E-state index contributed by atoms with van der Waals surface area (Å²) < 4.78 is 0. The molecule has 0 aromatic rings. The summed E-state index contributed by atoms with van der Waals surface area (Å²) in [5.41, 5.74) is 0. The van der Waals surface area contributed by atoms with E-state index in [1.54, 1.807) is 4.90 Å². The summed E-state index contributed by atoms with van der Waals surface area (Å²) >= 11 is 0. The number of likely N-dealkylation sites (tertiary alicyclic amines) is 1. The van der Waals surface area contributed by atoms with Crippen LogP contribution < -0.4 is 5.32 Å². The van der Waals surface area contributed by atoms with Gasteiger partial charge in [0.2, 0.25) is 5.91 Å². The molecule has 5 heteroatoms. The molecule has 1 aliphatic heterocycles. The van der Waals surface area contributed by atoms with E-state index in [-0.39, 0.29) is 5.91 Å². The summed E-state index contributed by atoms with van der Waals surface area (Å²) in [7, 11) is 7.96. The minimum Gasteiger partial charge on any atom is -0.348 e. The van der Waals surface area contributed by atoms with E-state index < -0.39 is 0 Å². The fourth-order valence-corrected chi connectivity index (χ4v) is 2.93. The molecule has 1 N–H and O–H groups in total. The molecule has 21 heavy (non-hydrogen) atoms. The van der Waals surface area contributed by atoms with E-state index in [2.05, 4.69) is 43.1 Å². The summed E-state index contributed by atoms with van der Waals surface area (Å²) in [6.07, 6.45) is 2.28. The van der Waals surface area contributed by atoms with Crippen LogP contribution in [0, 0.1) is 5.92 Å². The highest BCUT2D eigenvalue weighted by molar-refractivity contribution is 5.77. The van der Waals surface area contributed by atoms with E-state index in [0.717, 1.165) is 32.5 Å². The molecule has 1 aliphatic rings. The molecular weight excluding hydrogens is 264 g/mol. The molecule has 1 fully saturated rings. The molecule has 1 saturated heterocycles. The molecule has 1 rings (SSSR count). The number of likely N-dealkylation sites (N-methyl/N-ethyl adjacent to an activating group) is 2. The zero-order valence-corrected chi connectivity index (χ0v) is 14.7. The van der Waals surface area contributed by atoms with Crippen molar-refractivity contribution in [2.75, 3.05) is 54.4 Å². The topological polar surface area (TPSA) is 38.8 Å². The number of hydrogen-bond acceptors (Lipinski definition) is 4. The predicted octanol–water partition coefficient (Wildman–Crippen LogP) is 0.715. The van der Waals surface area contributed by atoms with Gasteiger partial charge in [-0.25, -0.2) is 0 Å². The summed E-state index contributed by atoms with van der Waals surface area (Å²) in [4.78, 5) is 18.0. The Bertz CT molecular complexity index is 301. The summed E-state index contributed by atoms with van der Waals surface area (Å²) in [5.74, 6) is 0.860. The zero-order valence-electron chi connectivity index (χ0n) is 14.7. The smallest absolute Gasteiger partial charge is 0.236 e. The second kappa shape index (κ2) is 8.71. The van der Waals surface area contributed by atoms with Gasteiger partial charge in [-0.15, -0.1) is 0 Å². The molecule has 1 heterocycles. The standard InChI is InChI=1S/C16H34N4O/c1-13(2)15(18(3)4)11-17-14-7-9-20(10-8-14)12-16(21)19(5)6/h13-15,17H,7-12H2,1-6H3. The fourth-order valence-electron chi connectivity index (χ4n) is 2.93. The van der Waals surface area contributed by atoms with Gasteiger partial charge in [-0.05, 0) is 32.9 Å². The van der Waals surface area contributed by atoms with Crippen LogP contribution in [0.1, 0.15) is 26.7 Å². The number of piperidine rings is 1. The van der Waals surface area contributed by atoms with Crippen LogP contribution >= 0.6 is 0 Å². The number of rotatable bonds is 7. The first-order valence-electron chi connectivity index (χ1n) is 8.13. The van der Waals surface area contributed by atoms with Crippen LogP contribution in [-0.4, -0.2) is 87.1 Å². The van der Waals surface area contributed by atoms with Gasteiger partial charge in [0.1, 0.15) is 0 Å². The average Bonchev–Trinajstić information content (AvgIpc) is 2.39. The molecule has 0 bridgehead atoms. The van der Waals surface area contributed by atoms with Crippen molar-refractivity contribution in [2.24, 2.45) is 5.92 Å². The van der Waals surface area contributed by atoms with E-state index in [1.165, 1.54) is 0 Å². The fraction of sp³-hybridized carbons (Fsp3) is 0.938. The first-order valence-corrected chi connectivity index (χ1v) is 8.13. The Balaban J connectivity index is 2.28. The summed E-state index contributed by atoms with van der Waals surface area (Å²) in [6, 6.07) is 1.18. The number of nitrogens with one attached hydrogen (secondary N) is 1. The van der Waals surface area contributed by atoms with E-state index in [1.807, 2.05) is 14.1 Å². The van der Waals surface area contributed by atoms with Crippen molar-refractivity contribution in [1.82, 2.24) is 20.0 Å². The first kappa shape index (κ1) is 18.4. The number of hydrogen-bond donors (Lipinski definition) is 1. The molecule has 0 saturated carbocycles. The van der Waals surface area contributed by atoms with E-state index in [0.29, 0.717) is 24.5 Å². The molecule has 1 unspecified atom stereocenters. The maximum Gasteiger partial charge on any atom is 0.236 e. The molecule has 0 aliphatic carbocycles. The van der Waals surface area contributed by atoms with Gasteiger partial charge >= 0.3 is 0 Å². The third-order valence-corrected chi connectivity index (χ3v) is 4.49. The van der Waals surface area contributed by atoms with Gasteiger partial charge in [-0.3, -0.25) is 9.69 Å². The van der Waals surface area contributed by atoms with Crippen LogP contribution in [0.4, 0.5) is 0 Å². The van der Waals surface area contributed by atoms with Crippen molar-refractivity contribution in [3.63, 3.8) is 0 Å². The lowest BCUT2D eigenvalue weighted by Crippen LogP contribution is -2.49. The minimum absolute atomic E-state index is 0.203. The highest BCUT2D eigenvalue weighted by Gasteiger charge is 2.23. The highest BCUT2D eigenvalue weighted by atomic mass is 16.2. The maximum atomic E-state index is 11.7. The SMILES string of the molecule is CC(C)C(CNC1CCN(CC(=O)N(C)C)CC1)N(C)C. The maximum absolute atomic E-state index is 11.7. The van der Waals surface area contributed by atoms with Crippen molar-refractivity contribution in [3.8, 4) is 0 Å². The van der Waals surface area contributed by atoms with Crippen molar-refractivity contribution in [1.29, 1.82) is 0 Å². The summed E-state index contributed by atoms with van der Waals surface area (Å²) in [5, 5.41) is 3.72. The number of carbonyl (C=O) groups excluding carboxylic acids is 1. The van der Waals surface area contributed by atoms with Gasteiger partial charge in [0, 0.05) is 45.8 Å². The lowest BCUT2D eigenvalue weighted by atomic mass is 10.0. The van der Waals surface area contributed by atoms with Crippen molar-refractivity contribution < 1.29 is 4.79 Å². The van der Waals surface area contributed by atoms with Crippen LogP contribution in [-0.2, 0) is 4.79 Å². The predicted molar refractivity (Wildman–Crippen MR) is 88.5 cm³/mol. The van der Waals surface area contributed by atoms with Crippen molar-refractivity contribution in [3.05, 3.63) is 0 Å². The van der Waals surface area contributed by atoms with Gasteiger partial charge < -0.3 is 15.1 Å². The van der Waals surface area contributed by atoms with Gasteiger partial charge in [0.05, 0.1) is 6.54 Å². The normalized spacial score (nSPS) is 19.2. The van der Waals surface area contributed by atoms with Gasteiger partial charge in [-0.1, -0.05) is 13.8 Å². The third-order valence-electron chi connectivity index (χ3n) is 4.49. The number of amides is 1. The monoisotopic (exact) mass is 298 g/mol. The quantitative estimate of drug-likeness (QED) is 0.751. The van der Waals surface area contributed by atoms with E-state index >= 15 is 0 Å². The first-order chi connectivity index (χ1) is 9.81. The van der Waals surface area contributed by atoms with E-state index in [9.17, 15) is 4.79 Å². The number of nitrogens with zero attached hydrogens (tertiary/aromatic N) is 3. The van der Waals surface area contributed by atoms with E-state index in [4.69, 9.17) is 0 Å². The summed E-state index contributed by atoms with van der Waals surface area (Å²) in [6.45, 7) is 8.21. The lowest BCUT2D eigenvalue weighted by Gasteiger charge is -2.35. The molecule has 5 nitrogen and oxygen atoms in total. The van der Waals surface area contributed by atoms with Crippen LogP contribution in [0.2, 0.25) is 0 Å². The molecular formula is C16H34N4O. The Labute approximate surface area is 130 Å². The second-order valence-electron chi connectivity index (χ2n) is 7.02. The largest absolute Gasteiger partial charge is 0.348 e. The molecule has 0 aromatic heterocycles. The Morgan fingerprint density at radius 3 is 2.19 bits per heavy atom. The number of carbonyl (C=O) groups is 1.